The van der Waals surface area contributed by atoms with Gasteiger partial charge in [-0.25, -0.2) is 0 Å². The topological polar surface area (TPSA) is 41.6 Å². The van der Waals surface area contributed by atoms with Gasteiger partial charge in [-0.15, -0.1) is 0 Å². The summed E-state index contributed by atoms with van der Waals surface area (Å²) in [7, 11) is 0. The van der Waals surface area contributed by atoms with Crippen LogP contribution in [0.15, 0.2) is 18.2 Å². The molecule has 3 aliphatic rings. The Hall–Kier alpha value is -1.55. The number of carbonyl (C=O) groups is 1. The van der Waals surface area contributed by atoms with Crippen LogP contribution in [0.2, 0.25) is 0 Å². The molecule has 2 heterocycles. The van der Waals surface area contributed by atoms with Crippen molar-refractivity contribution in [1.29, 1.82) is 0 Å². The van der Waals surface area contributed by atoms with Gasteiger partial charge in [-0.1, -0.05) is 0 Å². The van der Waals surface area contributed by atoms with Crippen LogP contribution in [-0.4, -0.2) is 43.2 Å². The van der Waals surface area contributed by atoms with Crippen LogP contribution in [0.25, 0.3) is 0 Å². The minimum absolute atomic E-state index is 0.208. The molecule has 1 aromatic rings. The fourth-order valence-electron chi connectivity index (χ4n) is 3.39. The van der Waals surface area contributed by atoms with Gasteiger partial charge in [-0.2, -0.15) is 0 Å². The first-order valence-electron chi connectivity index (χ1n) is 8.07. The number of hydrogen-bond acceptors (Lipinski definition) is 3. The molecule has 1 atom stereocenters. The van der Waals surface area contributed by atoms with E-state index >= 15 is 0 Å². The predicted octanol–water partition coefficient (Wildman–Crippen LogP) is 2.30. The zero-order valence-corrected chi connectivity index (χ0v) is 12.3. The van der Waals surface area contributed by atoms with Crippen LogP contribution in [0, 0.1) is 5.92 Å². The number of benzene rings is 1. The quantitative estimate of drug-likeness (QED) is 0.923. The summed E-state index contributed by atoms with van der Waals surface area (Å²) in [5.41, 5.74) is 3.32. The minimum atomic E-state index is 0.208. The van der Waals surface area contributed by atoms with Gasteiger partial charge < -0.3 is 15.0 Å². The fraction of sp³-hybridized carbons (Fsp3) is 0.588. The Kier molecular flexibility index (Phi) is 3.34. The Balaban J connectivity index is 1.53. The van der Waals surface area contributed by atoms with Crippen LogP contribution >= 0.6 is 0 Å². The smallest absolute Gasteiger partial charge is 0.254 e. The van der Waals surface area contributed by atoms with Crippen LogP contribution < -0.4 is 5.32 Å². The van der Waals surface area contributed by atoms with Crippen LogP contribution in [0.5, 0.6) is 0 Å². The van der Waals surface area contributed by atoms with E-state index in [1.54, 1.807) is 0 Å². The predicted molar refractivity (Wildman–Crippen MR) is 81.6 cm³/mol. The highest BCUT2D eigenvalue weighted by atomic mass is 16.5. The third-order valence-corrected chi connectivity index (χ3v) is 4.79. The van der Waals surface area contributed by atoms with E-state index in [-0.39, 0.29) is 5.91 Å². The second kappa shape index (κ2) is 5.34. The molecule has 1 aliphatic carbocycles. The lowest BCUT2D eigenvalue weighted by molar-refractivity contribution is 0.0706. The molecule has 0 spiro atoms. The highest BCUT2D eigenvalue weighted by molar-refractivity contribution is 5.95. The Bertz CT molecular complexity index is 548. The molecule has 0 unspecified atom stereocenters. The Labute approximate surface area is 125 Å². The molecule has 2 fully saturated rings. The molecular formula is C17H22N2O2. The summed E-state index contributed by atoms with van der Waals surface area (Å²) in [6.45, 7) is 3.50. The molecule has 1 N–H and O–H groups in total. The van der Waals surface area contributed by atoms with Crippen LogP contribution in [0.1, 0.15) is 35.2 Å². The van der Waals surface area contributed by atoms with Gasteiger partial charge in [0.25, 0.3) is 5.91 Å². The van der Waals surface area contributed by atoms with Gasteiger partial charge >= 0.3 is 0 Å². The average Bonchev–Trinajstić information content (AvgIpc) is 3.02. The van der Waals surface area contributed by atoms with Gasteiger partial charge in [0.1, 0.15) is 0 Å². The third kappa shape index (κ3) is 2.64. The maximum atomic E-state index is 12.9. The first-order valence-corrected chi connectivity index (χ1v) is 8.07. The number of hydrogen-bond donors (Lipinski definition) is 1. The SMILES string of the molecule is O=C(c1ccc2c(c1)CCN2)N(C[C@@H]1CCOC1)C1CC1. The molecule has 21 heavy (non-hydrogen) atoms. The molecule has 1 amide bonds. The van der Waals surface area contributed by atoms with E-state index in [0.29, 0.717) is 12.0 Å². The summed E-state index contributed by atoms with van der Waals surface area (Å²) in [4.78, 5) is 15.0. The molecule has 112 valence electrons. The van der Waals surface area contributed by atoms with Crippen molar-refractivity contribution < 1.29 is 9.53 Å². The van der Waals surface area contributed by atoms with Crippen molar-refractivity contribution in [3.63, 3.8) is 0 Å². The summed E-state index contributed by atoms with van der Waals surface area (Å²) >= 11 is 0. The zero-order chi connectivity index (χ0) is 14.2. The number of nitrogens with zero attached hydrogens (tertiary/aromatic N) is 1. The molecule has 0 aromatic heterocycles. The van der Waals surface area contributed by atoms with Gasteiger partial charge in [-0.05, 0) is 49.4 Å². The minimum Gasteiger partial charge on any atom is -0.384 e. The van der Waals surface area contributed by atoms with E-state index in [9.17, 15) is 4.79 Å². The van der Waals surface area contributed by atoms with Crippen molar-refractivity contribution in [3.05, 3.63) is 29.3 Å². The molecule has 1 saturated carbocycles. The van der Waals surface area contributed by atoms with Gasteiger partial charge in [0.2, 0.25) is 0 Å². The van der Waals surface area contributed by atoms with Crippen LogP contribution in [0.3, 0.4) is 0 Å². The number of ether oxygens (including phenoxy) is 1. The summed E-state index contributed by atoms with van der Waals surface area (Å²) in [5, 5.41) is 3.35. The summed E-state index contributed by atoms with van der Waals surface area (Å²) in [6, 6.07) is 6.57. The standard InChI is InChI=1S/C17H22N2O2/c20-17(14-1-4-16-13(9-14)5-7-18-16)19(15-2-3-15)10-12-6-8-21-11-12/h1,4,9,12,15,18H,2-3,5-8,10-11H2/t12-/m0/s1. The highest BCUT2D eigenvalue weighted by Gasteiger charge is 2.35. The second-order valence-corrected chi connectivity index (χ2v) is 6.47. The van der Waals surface area contributed by atoms with Crippen molar-refractivity contribution in [1.82, 2.24) is 4.90 Å². The maximum Gasteiger partial charge on any atom is 0.254 e. The van der Waals surface area contributed by atoms with Gasteiger partial charge in [0.05, 0.1) is 6.61 Å². The summed E-state index contributed by atoms with van der Waals surface area (Å²) < 4.78 is 5.46. The highest BCUT2D eigenvalue weighted by Crippen LogP contribution is 2.31. The lowest BCUT2D eigenvalue weighted by Gasteiger charge is -2.25. The van der Waals surface area contributed by atoms with Crippen molar-refractivity contribution in [2.24, 2.45) is 5.92 Å². The van der Waals surface area contributed by atoms with E-state index in [1.165, 1.54) is 11.3 Å². The molecule has 0 bridgehead atoms. The Morgan fingerprint density at radius 3 is 3.00 bits per heavy atom. The number of amides is 1. The summed E-state index contributed by atoms with van der Waals surface area (Å²) in [6.07, 6.45) is 4.43. The first kappa shape index (κ1) is 13.1. The number of nitrogens with one attached hydrogen (secondary N) is 1. The molecule has 1 saturated heterocycles. The van der Waals surface area contributed by atoms with Crippen molar-refractivity contribution in [2.45, 2.75) is 31.7 Å². The molecule has 1 aromatic carbocycles. The number of rotatable bonds is 4. The molecule has 2 aliphatic heterocycles. The molecular weight excluding hydrogens is 264 g/mol. The van der Waals surface area contributed by atoms with E-state index in [1.807, 2.05) is 6.07 Å². The van der Waals surface area contributed by atoms with E-state index in [2.05, 4.69) is 22.3 Å². The monoisotopic (exact) mass is 286 g/mol. The first-order chi connectivity index (χ1) is 10.3. The van der Waals surface area contributed by atoms with Crippen molar-refractivity contribution in [2.75, 3.05) is 31.6 Å². The molecule has 4 heteroatoms. The van der Waals surface area contributed by atoms with E-state index in [0.717, 1.165) is 57.6 Å². The van der Waals surface area contributed by atoms with Crippen LogP contribution in [-0.2, 0) is 11.2 Å². The number of anilines is 1. The third-order valence-electron chi connectivity index (χ3n) is 4.79. The normalized spacial score (nSPS) is 23.7. The average molecular weight is 286 g/mol. The zero-order valence-electron chi connectivity index (χ0n) is 12.3. The molecule has 4 rings (SSSR count). The Morgan fingerprint density at radius 1 is 1.33 bits per heavy atom. The van der Waals surface area contributed by atoms with E-state index < -0.39 is 0 Å². The largest absolute Gasteiger partial charge is 0.384 e. The number of fused-ring (bicyclic) bond motifs is 1. The molecule has 0 radical (unpaired) electrons. The second-order valence-electron chi connectivity index (χ2n) is 6.47. The molecule has 4 nitrogen and oxygen atoms in total. The van der Waals surface area contributed by atoms with Crippen LogP contribution in [0.4, 0.5) is 5.69 Å². The van der Waals surface area contributed by atoms with E-state index in [4.69, 9.17) is 4.74 Å². The maximum absolute atomic E-state index is 12.9. The number of carbonyl (C=O) groups excluding carboxylic acids is 1. The Morgan fingerprint density at radius 2 is 2.24 bits per heavy atom. The lowest BCUT2D eigenvalue weighted by atomic mass is 10.1. The van der Waals surface area contributed by atoms with Gasteiger partial charge in [0.15, 0.2) is 0 Å². The van der Waals surface area contributed by atoms with Gasteiger partial charge in [0, 0.05) is 42.9 Å². The van der Waals surface area contributed by atoms with Crippen molar-refractivity contribution >= 4 is 11.6 Å². The van der Waals surface area contributed by atoms with Gasteiger partial charge in [-0.3, -0.25) is 4.79 Å². The lowest BCUT2D eigenvalue weighted by Crippen LogP contribution is -2.37. The van der Waals surface area contributed by atoms with Crippen molar-refractivity contribution in [3.8, 4) is 0 Å². The fourth-order valence-corrected chi connectivity index (χ4v) is 3.39. The summed E-state index contributed by atoms with van der Waals surface area (Å²) in [5.74, 6) is 0.727.